The second-order valence-corrected chi connectivity index (χ2v) is 5.68. The van der Waals surface area contributed by atoms with Crippen molar-refractivity contribution in [3.05, 3.63) is 0 Å². The van der Waals surface area contributed by atoms with Crippen LogP contribution in [0.3, 0.4) is 0 Å². The minimum Gasteiger partial charge on any atom is -0.315 e. The van der Waals surface area contributed by atoms with E-state index >= 15 is 0 Å². The summed E-state index contributed by atoms with van der Waals surface area (Å²) in [6.45, 7) is 7.19. The minimum absolute atomic E-state index is 0.413. The average Bonchev–Trinajstić information content (AvgIpc) is 2.01. The van der Waals surface area contributed by atoms with Crippen molar-refractivity contribution in [1.82, 2.24) is 5.32 Å². The molecule has 0 unspecified atom stereocenters. The van der Waals surface area contributed by atoms with Crippen molar-refractivity contribution in [1.29, 1.82) is 0 Å². The molecule has 0 saturated heterocycles. The van der Waals surface area contributed by atoms with Crippen LogP contribution in [0.1, 0.15) is 59.3 Å². The van der Waals surface area contributed by atoms with Crippen molar-refractivity contribution in [2.75, 3.05) is 7.05 Å². The van der Waals surface area contributed by atoms with E-state index in [0.717, 1.165) is 0 Å². The Bertz CT molecular complexity index is 149. The summed E-state index contributed by atoms with van der Waals surface area (Å²) < 4.78 is 0. The van der Waals surface area contributed by atoms with E-state index in [2.05, 4.69) is 33.1 Å². The third-order valence-electron chi connectivity index (χ3n) is 3.77. The Morgan fingerprint density at radius 3 is 1.69 bits per heavy atom. The summed E-state index contributed by atoms with van der Waals surface area (Å²) >= 11 is 0. The molecule has 1 N–H and O–H groups in total. The van der Waals surface area contributed by atoms with Gasteiger partial charge >= 0.3 is 0 Å². The van der Waals surface area contributed by atoms with E-state index in [9.17, 15) is 0 Å². The van der Waals surface area contributed by atoms with Gasteiger partial charge < -0.3 is 5.32 Å². The Hall–Kier alpha value is -0.0400. The van der Waals surface area contributed by atoms with Crippen molar-refractivity contribution < 1.29 is 0 Å². The standard InChI is InChI=1S/C12H25N/c1-11(2)7-5-9-12(3,13-4)10-6-8-11/h13H,5-10H2,1-4H3. The SMILES string of the molecule is CNC1(C)CCCC(C)(C)CCC1. The zero-order valence-corrected chi connectivity index (χ0v) is 9.74. The quantitative estimate of drug-likeness (QED) is 0.657. The molecule has 13 heavy (non-hydrogen) atoms. The third kappa shape index (κ3) is 3.30. The maximum Gasteiger partial charge on any atom is 0.0150 e. The fraction of sp³-hybridized carbons (Fsp3) is 1.00. The molecule has 0 heterocycles. The predicted octanol–water partition coefficient (Wildman–Crippen LogP) is 3.34. The van der Waals surface area contributed by atoms with Crippen molar-refractivity contribution in [2.24, 2.45) is 5.41 Å². The molecule has 78 valence electrons. The predicted molar refractivity (Wildman–Crippen MR) is 58.9 cm³/mol. The van der Waals surface area contributed by atoms with Gasteiger partial charge in [0.25, 0.3) is 0 Å². The molecule has 0 radical (unpaired) electrons. The van der Waals surface area contributed by atoms with E-state index < -0.39 is 0 Å². The molecule has 0 aliphatic heterocycles. The number of hydrogen-bond acceptors (Lipinski definition) is 1. The molecular weight excluding hydrogens is 158 g/mol. The van der Waals surface area contributed by atoms with E-state index in [1.54, 1.807) is 0 Å². The minimum atomic E-state index is 0.413. The second kappa shape index (κ2) is 4.00. The lowest BCUT2D eigenvalue weighted by molar-refractivity contribution is 0.207. The number of hydrogen-bond donors (Lipinski definition) is 1. The van der Waals surface area contributed by atoms with Gasteiger partial charge in [-0.3, -0.25) is 0 Å². The van der Waals surface area contributed by atoms with Crippen LogP contribution >= 0.6 is 0 Å². The number of nitrogens with one attached hydrogen (secondary N) is 1. The molecule has 1 nitrogen and oxygen atoms in total. The lowest BCUT2D eigenvalue weighted by atomic mass is 9.75. The highest BCUT2D eigenvalue weighted by Crippen LogP contribution is 2.35. The number of rotatable bonds is 1. The van der Waals surface area contributed by atoms with Gasteiger partial charge in [0.05, 0.1) is 0 Å². The van der Waals surface area contributed by atoms with Gasteiger partial charge in [0.2, 0.25) is 0 Å². The van der Waals surface area contributed by atoms with Gasteiger partial charge in [0, 0.05) is 5.54 Å². The first-order valence-corrected chi connectivity index (χ1v) is 5.66. The fourth-order valence-corrected chi connectivity index (χ4v) is 2.41. The van der Waals surface area contributed by atoms with Crippen LogP contribution in [0, 0.1) is 5.41 Å². The van der Waals surface area contributed by atoms with E-state index in [-0.39, 0.29) is 0 Å². The van der Waals surface area contributed by atoms with E-state index in [4.69, 9.17) is 0 Å². The van der Waals surface area contributed by atoms with E-state index in [1.165, 1.54) is 38.5 Å². The highest BCUT2D eigenvalue weighted by atomic mass is 14.9. The van der Waals surface area contributed by atoms with Crippen LogP contribution < -0.4 is 5.32 Å². The molecule has 0 atom stereocenters. The third-order valence-corrected chi connectivity index (χ3v) is 3.77. The average molecular weight is 183 g/mol. The summed E-state index contributed by atoms with van der Waals surface area (Å²) in [7, 11) is 2.10. The molecule has 0 bridgehead atoms. The summed E-state index contributed by atoms with van der Waals surface area (Å²) in [4.78, 5) is 0. The molecule has 1 aliphatic carbocycles. The van der Waals surface area contributed by atoms with Crippen LogP contribution in [-0.2, 0) is 0 Å². The van der Waals surface area contributed by atoms with Crippen LogP contribution in [0.2, 0.25) is 0 Å². The van der Waals surface area contributed by atoms with Crippen LogP contribution in [0.4, 0.5) is 0 Å². The van der Waals surface area contributed by atoms with Crippen molar-refractivity contribution in [3.8, 4) is 0 Å². The maximum atomic E-state index is 3.48. The summed E-state index contributed by atoms with van der Waals surface area (Å²) in [5, 5.41) is 3.48. The zero-order chi connectivity index (χ0) is 9.95. The Kier molecular flexibility index (Phi) is 3.39. The van der Waals surface area contributed by atoms with Crippen molar-refractivity contribution >= 4 is 0 Å². The highest BCUT2D eigenvalue weighted by molar-refractivity contribution is 4.85. The lowest BCUT2D eigenvalue weighted by Crippen LogP contribution is -2.40. The van der Waals surface area contributed by atoms with Crippen LogP contribution in [0.15, 0.2) is 0 Å². The van der Waals surface area contributed by atoms with Gasteiger partial charge in [-0.25, -0.2) is 0 Å². The molecule has 0 aromatic heterocycles. The Balaban J connectivity index is 2.48. The highest BCUT2D eigenvalue weighted by Gasteiger charge is 2.27. The van der Waals surface area contributed by atoms with Gasteiger partial charge in [0.15, 0.2) is 0 Å². The summed E-state index contributed by atoms with van der Waals surface area (Å²) in [6.07, 6.45) is 8.23. The molecule has 0 amide bonds. The van der Waals surface area contributed by atoms with Gasteiger partial charge in [-0.1, -0.05) is 26.7 Å². The first kappa shape index (κ1) is 11.0. The molecule has 0 spiro atoms. The van der Waals surface area contributed by atoms with Crippen molar-refractivity contribution in [2.45, 2.75) is 64.8 Å². The largest absolute Gasteiger partial charge is 0.315 e. The smallest absolute Gasteiger partial charge is 0.0150 e. The summed E-state index contributed by atoms with van der Waals surface area (Å²) in [5.74, 6) is 0. The molecule has 1 fully saturated rings. The van der Waals surface area contributed by atoms with Crippen molar-refractivity contribution in [3.63, 3.8) is 0 Å². The Labute approximate surface area is 83.3 Å². The summed E-state index contributed by atoms with van der Waals surface area (Å²) in [5.41, 5.74) is 1.01. The van der Waals surface area contributed by atoms with Crippen LogP contribution in [0.5, 0.6) is 0 Å². The van der Waals surface area contributed by atoms with Gasteiger partial charge in [-0.15, -0.1) is 0 Å². The van der Waals surface area contributed by atoms with Gasteiger partial charge in [-0.05, 0) is 45.1 Å². The Morgan fingerprint density at radius 1 is 0.846 bits per heavy atom. The van der Waals surface area contributed by atoms with Gasteiger partial charge in [0.1, 0.15) is 0 Å². The molecule has 0 aromatic rings. The molecule has 1 aliphatic rings. The zero-order valence-electron chi connectivity index (χ0n) is 9.74. The van der Waals surface area contributed by atoms with E-state index in [1.807, 2.05) is 0 Å². The topological polar surface area (TPSA) is 12.0 Å². The second-order valence-electron chi connectivity index (χ2n) is 5.68. The Morgan fingerprint density at radius 2 is 1.31 bits per heavy atom. The summed E-state index contributed by atoms with van der Waals surface area (Å²) in [6, 6.07) is 0. The first-order chi connectivity index (χ1) is 5.97. The molecular formula is C12H25N. The molecule has 1 rings (SSSR count). The van der Waals surface area contributed by atoms with Crippen LogP contribution in [0.25, 0.3) is 0 Å². The normalized spacial score (nSPS) is 27.7. The fourth-order valence-electron chi connectivity index (χ4n) is 2.41. The molecule has 1 saturated carbocycles. The van der Waals surface area contributed by atoms with Crippen LogP contribution in [-0.4, -0.2) is 12.6 Å². The lowest BCUT2D eigenvalue weighted by Gasteiger charge is -2.36. The van der Waals surface area contributed by atoms with E-state index in [0.29, 0.717) is 11.0 Å². The first-order valence-electron chi connectivity index (χ1n) is 5.66. The molecule has 1 heteroatoms. The monoisotopic (exact) mass is 183 g/mol. The molecule has 0 aromatic carbocycles. The van der Waals surface area contributed by atoms with Gasteiger partial charge in [-0.2, -0.15) is 0 Å². The maximum absolute atomic E-state index is 3.48.